The van der Waals surface area contributed by atoms with Crippen LogP contribution < -0.4 is 76.1 Å². The summed E-state index contributed by atoms with van der Waals surface area (Å²) < 4.78 is 48.9. The molecule has 9 heterocycles. The van der Waals surface area contributed by atoms with Crippen LogP contribution in [-0.2, 0) is 129 Å². The SMILES string of the molecule is NC(Cn1ncc2cc(OCCc3ccc4c(n3)NCCC4)ccc21)C(=O)OCc1ccccc1.O=C(Cl)OCc1ccccc1.O=C(NC(Cn1ncc2cc(OCCc3ccc4c(n3)NCCC4)ccc21)C(=O)O)OCc1ccccc1.O=C(NC(Cn1ncc2cc(OCCc3ccc4c(n3)NCCC4)ccc21)C(=O)OCc1ccccc1)OCc1ccccc1.[Na+].[OH-]. The average Bonchev–Trinajstić information content (AvgIpc) is 1.68. The molecule has 3 unspecified atom stereocenters. The molecule has 0 fully saturated rings. The number of nitrogens with two attached hydrogens (primary N) is 1. The number of halogens is 1. The minimum Gasteiger partial charge on any atom is -0.870 e. The van der Waals surface area contributed by atoms with E-state index >= 15 is 0 Å². The topological polar surface area (TPSA) is 405 Å². The first-order valence-corrected chi connectivity index (χ1v) is 43.1. The molecule has 672 valence electrons. The van der Waals surface area contributed by atoms with Gasteiger partial charge in [0.2, 0.25) is 0 Å². The van der Waals surface area contributed by atoms with Gasteiger partial charge in [-0.25, -0.2) is 38.9 Å². The van der Waals surface area contributed by atoms with Crippen LogP contribution in [0.1, 0.15) is 80.9 Å². The van der Waals surface area contributed by atoms with E-state index in [0.29, 0.717) is 44.2 Å². The summed E-state index contributed by atoms with van der Waals surface area (Å²) in [5.74, 6) is 2.88. The van der Waals surface area contributed by atoms with Gasteiger partial charge in [-0.1, -0.05) is 170 Å². The quantitative estimate of drug-likeness (QED) is 0.00869. The number of hydrogen-bond acceptors (Lipinski definition) is 25. The molecule has 8 aromatic carbocycles. The molecule has 2 amide bonds. The van der Waals surface area contributed by atoms with Crippen LogP contribution in [0.3, 0.4) is 0 Å². The van der Waals surface area contributed by atoms with Crippen LogP contribution in [0, 0.1) is 0 Å². The zero-order chi connectivity index (χ0) is 89.3. The number of benzene rings is 8. The van der Waals surface area contributed by atoms with E-state index in [0.717, 1.165) is 165 Å². The molecule has 9 N–H and O–H groups in total. The van der Waals surface area contributed by atoms with Crippen molar-refractivity contribution in [3.05, 3.63) is 323 Å². The molecular formula is C98H101ClN15NaO16. The molecule has 0 radical (unpaired) electrons. The summed E-state index contributed by atoms with van der Waals surface area (Å²) in [5, 5.41) is 40.6. The largest absolute Gasteiger partial charge is 1.00 e. The maximum absolute atomic E-state index is 13.2. The summed E-state index contributed by atoms with van der Waals surface area (Å²) in [6, 6.07) is 73.3. The molecule has 0 saturated heterocycles. The summed E-state index contributed by atoms with van der Waals surface area (Å²) in [6.07, 6.45) is 12.3. The third-order valence-corrected chi connectivity index (χ3v) is 21.3. The molecule has 131 heavy (non-hydrogen) atoms. The zero-order valence-electron chi connectivity index (χ0n) is 72.4. The number of amides is 2. The average molecular weight is 1800 g/mol. The molecule has 0 saturated carbocycles. The first-order valence-electron chi connectivity index (χ1n) is 42.7. The Labute approximate surface area is 783 Å². The van der Waals surface area contributed by atoms with E-state index < -0.39 is 53.6 Å². The van der Waals surface area contributed by atoms with Crippen molar-refractivity contribution in [1.29, 1.82) is 0 Å². The van der Waals surface area contributed by atoms with E-state index in [-0.39, 0.29) is 87.7 Å². The van der Waals surface area contributed by atoms with Crippen LogP contribution in [0.25, 0.3) is 32.7 Å². The predicted octanol–water partition coefficient (Wildman–Crippen LogP) is 12.1. The van der Waals surface area contributed by atoms with Gasteiger partial charge in [0, 0.05) is 83.7 Å². The Kier molecular flexibility index (Phi) is 36.4. The number of hydrogen-bond donors (Lipinski definition) is 7. The van der Waals surface area contributed by atoms with Crippen LogP contribution in [0.4, 0.5) is 31.8 Å². The van der Waals surface area contributed by atoms with Gasteiger partial charge in [-0.3, -0.25) is 18.8 Å². The van der Waals surface area contributed by atoms with Crippen LogP contribution in [0.2, 0.25) is 0 Å². The minimum atomic E-state index is -1.21. The van der Waals surface area contributed by atoms with Gasteiger partial charge in [-0.2, -0.15) is 15.3 Å². The second-order valence-electron chi connectivity index (χ2n) is 30.6. The van der Waals surface area contributed by atoms with Gasteiger partial charge in [-0.15, -0.1) is 0 Å². The molecular weight excluding hydrogens is 1700 g/mol. The van der Waals surface area contributed by atoms with Crippen molar-refractivity contribution in [1.82, 2.24) is 54.9 Å². The number of aromatic nitrogens is 9. The van der Waals surface area contributed by atoms with E-state index in [1.54, 1.807) is 32.6 Å². The van der Waals surface area contributed by atoms with E-state index in [9.17, 15) is 33.9 Å². The molecule has 33 heteroatoms. The summed E-state index contributed by atoms with van der Waals surface area (Å²) in [4.78, 5) is 86.5. The first-order chi connectivity index (χ1) is 63.1. The van der Waals surface area contributed by atoms with Crippen molar-refractivity contribution in [2.24, 2.45) is 5.73 Å². The number of nitrogens with zero attached hydrogens (tertiary/aromatic N) is 9. The minimum absolute atomic E-state index is 0. The number of ether oxygens (including phenoxy) is 8. The third-order valence-electron chi connectivity index (χ3n) is 21.2. The monoisotopic (exact) mass is 1800 g/mol. The molecule has 3 aliphatic rings. The van der Waals surface area contributed by atoms with E-state index in [1.807, 2.05) is 212 Å². The fourth-order valence-electron chi connectivity index (χ4n) is 14.4. The smallest absolute Gasteiger partial charge is 0.870 e. The summed E-state index contributed by atoms with van der Waals surface area (Å²) in [6.45, 7) is 5.24. The van der Waals surface area contributed by atoms with Crippen LogP contribution in [0.15, 0.2) is 261 Å². The van der Waals surface area contributed by atoms with Crippen molar-refractivity contribution in [3.63, 3.8) is 0 Å². The molecule has 14 aromatic rings. The Balaban J connectivity index is 0.000000167. The molecule has 3 aliphatic heterocycles. The summed E-state index contributed by atoms with van der Waals surface area (Å²) in [7, 11) is 0. The first kappa shape index (κ1) is 96.1. The normalized spacial score (nSPS) is 12.7. The van der Waals surface area contributed by atoms with Crippen LogP contribution in [0.5, 0.6) is 17.2 Å². The second-order valence-corrected chi connectivity index (χ2v) is 30.9. The van der Waals surface area contributed by atoms with Crippen molar-refractivity contribution in [2.75, 3.05) is 55.4 Å². The molecule has 0 bridgehead atoms. The number of aliphatic carboxylic acids is 1. The van der Waals surface area contributed by atoms with Gasteiger partial charge in [0.1, 0.15) is 85.9 Å². The Morgan fingerprint density at radius 1 is 0.397 bits per heavy atom. The molecule has 6 aromatic heterocycles. The fraction of sp³-hybridized carbons (Fsp3) is 0.265. The number of carboxylic acids is 1. The number of carboxylic acid groups (broad SMARTS) is 1. The number of esters is 2. The molecule has 0 spiro atoms. The second kappa shape index (κ2) is 49.6. The Bertz CT molecular complexity index is 6070. The molecule has 17 rings (SSSR count). The number of carbonyl (C=O) groups is 6. The number of fused-ring (bicyclic) bond motifs is 6. The van der Waals surface area contributed by atoms with E-state index in [2.05, 4.69) is 76.9 Å². The van der Waals surface area contributed by atoms with Gasteiger partial charge >= 0.3 is 65.1 Å². The number of aryl methyl sites for hydroxylation is 3. The molecule has 0 aliphatic carbocycles. The van der Waals surface area contributed by atoms with Gasteiger partial charge in [0.15, 0.2) is 0 Å². The van der Waals surface area contributed by atoms with Crippen molar-refractivity contribution in [3.8, 4) is 17.2 Å². The van der Waals surface area contributed by atoms with Crippen molar-refractivity contribution < 1.29 is 107 Å². The van der Waals surface area contributed by atoms with Crippen LogP contribution in [-0.4, -0.2) is 148 Å². The number of alkyl carbamates (subject to hydrolysis) is 2. The van der Waals surface area contributed by atoms with Crippen molar-refractivity contribution in [2.45, 2.75) is 129 Å². The maximum atomic E-state index is 13.2. The number of nitrogens with one attached hydrogen (secondary N) is 5. The summed E-state index contributed by atoms with van der Waals surface area (Å²) >= 11 is 4.97. The van der Waals surface area contributed by atoms with E-state index in [4.69, 9.17) is 65.4 Å². The third kappa shape index (κ3) is 29.3. The maximum Gasteiger partial charge on any atom is 1.00 e. The molecule has 3 atom stereocenters. The fourth-order valence-corrected chi connectivity index (χ4v) is 14.5. The molecule has 31 nitrogen and oxygen atoms in total. The van der Waals surface area contributed by atoms with Gasteiger partial charge < -0.3 is 80.8 Å². The number of rotatable bonds is 33. The summed E-state index contributed by atoms with van der Waals surface area (Å²) in [5.41, 5.74) is 18.8. The van der Waals surface area contributed by atoms with Gasteiger partial charge in [0.05, 0.1) is 74.6 Å². The number of pyridine rings is 3. The zero-order valence-corrected chi connectivity index (χ0v) is 75.2. The van der Waals surface area contributed by atoms with Gasteiger partial charge in [0.25, 0.3) is 0 Å². The van der Waals surface area contributed by atoms with Crippen molar-refractivity contribution >= 4 is 97.3 Å². The Hall–Kier alpha value is -14.0. The number of carbonyl (C=O) groups excluding carboxylic acids is 5. The Morgan fingerprint density at radius 2 is 0.710 bits per heavy atom. The van der Waals surface area contributed by atoms with Gasteiger partial charge in [-0.05, 0) is 156 Å². The predicted molar refractivity (Wildman–Crippen MR) is 490 cm³/mol. The Morgan fingerprint density at radius 3 is 1.05 bits per heavy atom. The van der Waals surface area contributed by atoms with E-state index in [1.165, 1.54) is 16.7 Å². The van der Waals surface area contributed by atoms with Crippen LogP contribution >= 0.6 is 11.6 Å². The standard InChI is InChI=1S/C35H35N5O5.C28H29N5O5.C27H29N5O3.C8H7ClO2.Na.H2O/c41-34(44-23-25-8-3-1-4-9-25)31(39-35(42)45-24-26-10-5-2-6-11-26)22-40-32-16-15-30(20-28(32)21-37-40)43-19-17-29-14-13-27-12-7-18-36-33(27)38-29;34-27(35)24(32-28(36)38-18-19-5-2-1-3-6-19)17-33-25-11-10-23(15-21(25)16-30-33)37-14-12-22-9-8-20-7-4-13-29-26(20)31-22;28-24(27(33)35-18-19-5-2-1-3-6-19)17-32-25-11-10-23(15-21(25)16-30-32)34-14-12-22-9-8-20-7-4-13-29-26(20)31-22;9-8(10)11-6-7-4-2-1-3-5-7;;/h1-6,8-11,13-16,20-21,31H,7,12,17-19,22-24H2,(H,36,38)(H,39,42);1-3,5-6,8-11,15-16,24H,4,7,12-14,17-18H2,(H,29,31)(H,32,36)(H,34,35);1-3,5-6,8-11,15-16,24H,4,7,12-14,17-18,28H2,(H,29,31);1-5H,6H2;;1H2/q;;;;+1;/p-1. The number of anilines is 3.